The molecule has 3 aromatic carbocycles. The summed E-state index contributed by atoms with van der Waals surface area (Å²) in [4.78, 5) is 39.6. The Morgan fingerprint density at radius 1 is 1.06 bits per heavy atom. The molecule has 1 unspecified atom stereocenters. The largest absolute Gasteiger partial charge is 0.469 e. The number of amides is 3. The van der Waals surface area contributed by atoms with Crippen LogP contribution in [-0.2, 0) is 26.4 Å². The predicted molar refractivity (Wildman–Crippen MR) is 133 cm³/mol. The average molecular weight is 473 g/mol. The van der Waals surface area contributed by atoms with Crippen molar-refractivity contribution in [2.75, 3.05) is 7.11 Å². The smallest absolute Gasteiger partial charge is 0.325 e. The van der Waals surface area contributed by atoms with E-state index in [4.69, 9.17) is 10.6 Å². The molecule has 8 heteroatoms. The van der Waals surface area contributed by atoms with Crippen molar-refractivity contribution in [2.45, 2.75) is 37.8 Å². The zero-order valence-electron chi connectivity index (χ0n) is 19.6. The van der Waals surface area contributed by atoms with Crippen LogP contribution in [0.2, 0.25) is 0 Å². The van der Waals surface area contributed by atoms with Crippen LogP contribution in [0.1, 0.15) is 42.4 Å². The van der Waals surface area contributed by atoms with Gasteiger partial charge < -0.3 is 15.9 Å². The van der Waals surface area contributed by atoms with Gasteiger partial charge in [0, 0.05) is 6.42 Å². The van der Waals surface area contributed by atoms with E-state index in [1.165, 1.54) is 12.0 Å². The van der Waals surface area contributed by atoms with Gasteiger partial charge in [-0.3, -0.25) is 14.5 Å². The molecule has 180 valence electrons. The van der Waals surface area contributed by atoms with Gasteiger partial charge in [0.05, 0.1) is 19.9 Å². The topological polar surface area (TPSA) is 114 Å². The molecule has 8 nitrogen and oxygen atoms in total. The number of hydrogen-bond acceptors (Lipinski definition) is 6. The fraction of sp³-hybridized carbons (Fsp3) is 0.259. The first-order valence-electron chi connectivity index (χ1n) is 11.5. The lowest BCUT2D eigenvalue weighted by molar-refractivity contribution is -0.140. The number of carbonyl (C=O) groups is 3. The third-order valence-corrected chi connectivity index (χ3v) is 6.35. The van der Waals surface area contributed by atoms with Gasteiger partial charge in [0.25, 0.3) is 5.91 Å². The third kappa shape index (κ3) is 5.01. The van der Waals surface area contributed by atoms with Crippen LogP contribution < -0.4 is 11.2 Å². The molecule has 3 amide bonds. The third-order valence-electron chi connectivity index (χ3n) is 6.35. The van der Waals surface area contributed by atoms with Gasteiger partial charge in [0.2, 0.25) is 0 Å². The highest BCUT2D eigenvalue weighted by atomic mass is 16.5. The fourth-order valence-corrected chi connectivity index (χ4v) is 4.53. The maximum absolute atomic E-state index is 13.7. The number of unbranched alkanes of at least 4 members (excludes halogenated alkanes) is 1. The normalized spacial score (nSPS) is 17.8. The van der Waals surface area contributed by atoms with Crippen molar-refractivity contribution in [3.05, 3.63) is 83.4 Å². The number of hydrazone groups is 1. The predicted octanol–water partition coefficient (Wildman–Crippen LogP) is 3.81. The van der Waals surface area contributed by atoms with Gasteiger partial charge in [0.1, 0.15) is 5.54 Å². The highest BCUT2D eigenvalue weighted by molar-refractivity contribution is 6.07. The van der Waals surface area contributed by atoms with Crippen LogP contribution in [0.25, 0.3) is 10.8 Å². The maximum atomic E-state index is 13.7. The first-order valence-corrected chi connectivity index (χ1v) is 11.5. The van der Waals surface area contributed by atoms with Crippen LogP contribution >= 0.6 is 0 Å². The van der Waals surface area contributed by atoms with E-state index in [0.717, 1.165) is 27.5 Å². The molecule has 0 aromatic heterocycles. The monoisotopic (exact) mass is 472 g/mol. The van der Waals surface area contributed by atoms with E-state index in [9.17, 15) is 14.4 Å². The molecule has 1 aliphatic rings. The van der Waals surface area contributed by atoms with E-state index in [0.29, 0.717) is 19.3 Å². The molecule has 1 fully saturated rings. The molecule has 1 atom stereocenters. The second kappa shape index (κ2) is 10.4. The standard InChI is InChI=1S/C27H28N4O4/c1-35-24(32)9-5-6-14-27(23-7-3-2-4-8-23)25(33)31(26(34)30-27)18-20-11-13-21-12-10-19(17-29-28)15-22(21)16-20/h2-4,7-8,10-13,15-17H,5-6,9,14,18,28H2,1H3,(H,30,34). The van der Waals surface area contributed by atoms with Crippen LogP contribution in [-0.4, -0.2) is 36.1 Å². The zero-order chi connectivity index (χ0) is 24.8. The van der Waals surface area contributed by atoms with Crippen LogP contribution in [0.3, 0.4) is 0 Å². The lowest BCUT2D eigenvalue weighted by Gasteiger charge is -2.27. The number of hydrogen-bond donors (Lipinski definition) is 2. The molecule has 35 heavy (non-hydrogen) atoms. The number of rotatable bonds is 9. The van der Waals surface area contributed by atoms with Gasteiger partial charge in [-0.2, -0.15) is 5.10 Å². The second-order valence-electron chi connectivity index (χ2n) is 8.60. The van der Waals surface area contributed by atoms with Gasteiger partial charge >= 0.3 is 12.0 Å². The number of carbonyl (C=O) groups excluding carboxylic acids is 3. The van der Waals surface area contributed by atoms with Crippen molar-refractivity contribution in [3.8, 4) is 0 Å². The molecule has 0 aliphatic carbocycles. The van der Waals surface area contributed by atoms with Gasteiger partial charge in [-0.05, 0) is 58.9 Å². The van der Waals surface area contributed by atoms with Crippen molar-refractivity contribution < 1.29 is 19.1 Å². The van der Waals surface area contributed by atoms with Crippen molar-refractivity contribution >= 4 is 34.9 Å². The number of benzene rings is 3. The SMILES string of the molecule is COC(=O)CCCCC1(c2ccccc2)NC(=O)N(Cc2ccc3ccc(C=NN)cc3c2)C1=O. The summed E-state index contributed by atoms with van der Waals surface area (Å²) >= 11 is 0. The molecule has 0 bridgehead atoms. The number of urea groups is 1. The first-order chi connectivity index (χ1) is 17.0. The van der Waals surface area contributed by atoms with Crippen molar-refractivity contribution in [2.24, 2.45) is 10.9 Å². The van der Waals surface area contributed by atoms with Gasteiger partial charge in [-0.25, -0.2) is 4.79 Å². The molecule has 1 saturated heterocycles. The number of nitrogens with zero attached hydrogens (tertiary/aromatic N) is 2. The molecule has 3 N–H and O–H groups in total. The Bertz CT molecular complexity index is 1270. The Morgan fingerprint density at radius 2 is 1.83 bits per heavy atom. The Hall–Kier alpha value is -4.20. The molecular weight excluding hydrogens is 444 g/mol. The van der Waals surface area contributed by atoms with Crippen LogP contribution in [0.4, 0.5) is 4.79 Å². The number of nitrogens with two attached hydrogens (primary N) is 1. The minimum Gasteiger partial charge on any atom is -0.469 e. The van der Waals surface area contributed by atoms with E-state index < -0.39 is 11.6 Å². The van der Waals surface area contributed by atoms with E-state index in [2.05, 4.69) is 10.4 Å². The molecule has 3 aromatic rings. The van der Waals surface area contributed by atoms with E-state index >= 15 is 0 Å². The summed E-state index contributed by atoms with van der Waals surface area (Å²) in [5.41, 5.74) is 1.25. The summed E-state index contributed by atoms with van der Waals surface area (Å²) in [6.45, 7) is 0.145. The quantitative estimate of drug-likeness (QED) is 0.123. The Kier molecular flexibility index (Phi) is 7.10. The van der Waals surface area contributed by atoms with Crippen LogP contribution in [0, 0.1) is 0 Å². The summed E-state index contributed by atoms with van der Waals surface area (Å²) in [6, 6.07) is 20.5. The molecule has 1 aliphatic heterocycles. The highest BCUT2D eigenvalue weighted by Gasteiger charge is 2.51. The van der Waals surface area contributed by atoms with E-state index in [-0.39, 0.29) is 24.8 Å². The number of esters is 1. The number of imide groups is 1. The summed E-state index contributed by atoms with van der Waals surface area (Å²) in [7, 11) is 1.35. The minimum atomic E-state index is -1.17. The van der Waals surface area contributed by atoms with Gasteiger partial charge in [-0.1, -0.05) is 54.6 Å². The molecule has 4 rings (SSSR count). The average Bonchev–Trinajstić information content (AvgIpc) is 3.12. The van der Waals surface area contributed by atoms with Crippen molar-refractivity contribution in [1.29, 1.82) is 0 Å². The first kappa shape index (κ1) is 23.9. The number of fused-ring (bicyclic) bond motifs is 1. The maximum Gasteiger partial charge on any atom is 0.325 e. The molecular formula is C27H28N4O4. The summed E-state index contributed by atoms with van der Waals surface area (Å²) in [5.74, 6) is 4.68. The second-order valence-corrected chi connectivity index (χ2v) is 8.60. The van der Waals surface area contributed by atoms with Gasteiger partial charge in [0.15, 0.2) is 0 Å². The molecule has 0 spiro atoms. The number of ether oxygens (including phenoxy) is 1. The highest BCUT2D eigenvalue weighted by Crippen LogP contribution is 2.35. The van der Waals surface area contributed by atoms with E-state index in [1.54, 1.807) is 6.21 Å². The van der Waals surface area contributed by atoms with Crippen molar-refractivity contribution in [3.63, 3.8) is 0 Å². The lowest BCUT2D eigenvalue weighted by atomic mass is 9.84. The van der Waals surface area contributed by atoms with Crippen LogP contribution in [0.15, 0.2) is 71.8 Å². The molecule has 0 saturated carbocycles. The molecule has 1 heterocycles. The summed E-state index contributed by atoms with van der Waals surface area (Å²) in [5, 5.41) is 8.52. The Labute approximate surface area is 203 Å². The minimum absolute atomic E-state index is 0.145. The van der Waals surface area contributed by atoms with E-state index in [1.807, 2.05) is 66.7 Å². The van der Waals surface area contributed by atoms with Crippen molar-refractivity contribution in [1.82, 2.24) is 10.2 Å². The zero-order valence-corrected chi connectivity index (χ0v) is 19.6. The fourth-order valence-electron chi connectivity index (χ4n) is 4.53. The Morgan fingerprint density at radius 3 is 2.57 bits per heavy atom. The van der Waals surface area contributed by atoms with Gasteiger partial charge in [-0.15, -0.1) is 0 Å². The Balaban J connectivity index is 1.59. The number of nitrogens with one attached hydrogen (secondary N) is 1. The summed E-state index contributed by atoms with van der Waals surface area (Å²) < 4.78 is 4.71. The summed E-state index contributed by atoms with van der Waals surface area (Å²) in [6.07, 6.45) is 3.35. The van der Waals surface area contributed by atoms with Crippen LogP contribution in [0.5, 0.6) is 0 Å². The number of methoxy groups -OCH3 is 1. The molecule has 0 radical (unpaired) electrons. The lowest BCUT2D eigenvalue weighted by Crippen LogP contribution is -2.44.